The lowest BCUT2D eigenvalue weighted by molar-refractivity contribution is 0.440. The Kier molecular flexibility index (Phi) is 8.80. The predicted octanol–water partition coefficient (Wildman–Crippen LogP) is 6.11. The van der Waals surface area contributed by atoms with Crippen LogP contribution < -0.4 is 4.74 Å². The van der Waals surface area contributed by atoms with Gasteiger partial charge < -0.3 is 9.84 Å². The molecule has 0 heterocycles. The molecule has 28 heavy (non-hydrogen) atoms. The lowest BCUT2D eigenvalue weighted by Gasteiger charge is -2.14. The molecule has 0 bridgehead atoms. The molecule has 2 N–H and O–H groups in total. The smallest absolute Gasteiger partial charge is 0.298 e. The number of hydrogen-bond acceptors (Lipinski definition) is 4. The molecule has 154 valence electrons. The van der Waals surface area contributed by atoms with Gasteiger partial charge in [-0.15, -0.1) is 0 Å². The van der Waals surface area contributed by atoms with Crippen LogP contribution in [0.1, 0.15) is 63.9 Å². The van der Waals surface area contributed by atoms with Crippen molar-refractivity contribution >= 4 is 10.1 Å². The van der Waals surface area contributed by atoms with Gasteiger partial charge in [0.2, 0.25) is 0 Å². The van der Waals surface area contributed by atoms with Crippen LogP contribution in [0.25, 0.3) is 0 Å². The lowest BCUT2D eigenvalue weighted by atomic mass is 10.0. The van der Waals surface area contributed by atoms with Crippen LogP contribution in [0.4, 0.5) is 0 Å². The van der Waals surface area contributed by atoms with Crippen molar-refractivity contribution in [3.63, 3.8) is 0 Å². The molecule has 2 aromatic carbocycles. The molecule has 0 aliphatic heterocycles. The van der Waals surface area contributed by atoms with Gasteiger partial charge in [-0.05, 0) is 48.7 Å². The van der Waals surface area contributed by atoms with Gasteiger partial charge in [0, 0.05) is 0 Å². The first-order valence-corrected chi connectivity index (χ1v) is 11.4. The molecular formula is C22H30O5S. The molecule has 0 fully saturated rings. The number of unbranched alkanes of at least 4 members (excludes halogenated alkanes) is 7. The van der Waals surface area contributed by atoms with E-state index in [9.17, 15) is 18.1 Å². The van der Waals surface area contributed by atoms with Crippen LogP contribution in [0.3, 0.4) is 0 Å². The van der Waals surface area contributed by atoms with Gasteiger partial charge in [-0.25, -0.2) is 0 Å². The van der Waals surface area contributed by atoms with Crippen LogP contribution in [-0.2, 0) is 16.5 Å². The van der Waals surface area contributed by atoms with Crippen molar-refractivity contribution in [3.05, 3.63) is 48.0 Å². The summed E-state index contributed by atoms with van der Waals surface area (Å²) in [6.45, 7) is 2.21. The molecule has 0 atom stereocenters. The van der Waals surface area contributed by atoms with E-state index < -0.39 is 10.1 Å². The molecule has 0 aliphatic carbocycles. The Labute approximate surface area is 168 Å². The standard InChI is InChI=1S/C22H30O5S/c1-2-3-4-5-6-7-8-9-11-18-12-10-13-21(28(24,25)26)22(18)27-20-16-14-19(23)15-17-20/h10,12-17,23H,2-9,11H2,1H3,(H,24,25,26). The molecule has 0 unspecified atom stereocenters. The van der Waals surface area contributed by atoms with Gasteiger partial charge in [-0.2, -0.15) is 8.42 Å². The van der Waals surface area contributed by atoms with Gasteiger partial charge in [0.25, 0.3) is 10.1 Å². The summed E-state index contributed by atoms with van der Waals surface area (Å²) in [5.41, 5.74) is 0.745. The first-order valence-electron chi connectivity index (χ1n) is 9.98. The van der Waals surface area contributed by atoms with Gasteiger partial charge in [0.1, 0.15) is 16.4 Å². The SMILES string of the molecule is CCCCCCCCCCc1cccc(S(=O)(=O)O)c1Oc1ccc(O)cc1. The fraction of sp³-hybridized carbons (Fsp3) is 0.455. The molecule has 2 aromatic rings. The molecule has 0 radical (unpaired) electrons. The average Bonchev–Trinajstić information content (AvgIpc) is 2.66. The van der Waals surface area contributed by atoms with Gasteiger partial charge in [0.15, 0.2) is 5.75 Å². The van der Waals surface area contributed by atoms with E-state index in [0.717, 1.165) is 24.8 Å². The minimum Gasteiger partial charge on any atom is -0.508 e. The van der Waals surface area contributed by atoms with E-state index in [1.807, 2.05) is 6.07 Å². The van der Waals surface area contributed by atoms with Crippen molar-refractivity contribution in [2.75, 3.05) is 0 Å². The van der Waals surface area contributed by atoms with Crippen molar-refractivity contribution in [2.24, 2.45) is 0 Å². The third-order valence-electron chi connectivity index (χ3n) is 4.69. The number of phenols is 1. The Morgan fingerprint density at radius 2 is 1.46 bits per heavy atom. The van der Waals surface area contributed by atoms with E-state index in [4.69, 9.17) is 4.74 Å². The summed E-state index contributed by atoms with van der Waals surface area (Å²) in [4.78, 5) is -0.238. The summed E-state index contributed by atoms with van der Waals surface area (Å²) in [5, 5.41) is 9.40. The summed E-state index contributed by atoms with van der Waals surface area (Å²) in [6, 6.07) is 10.8. The van der Waals surface area contributed by atoms with E-state index in [1.54, 1.807) is 18.2 Å². The molecule has 0 saturated heterocycles. The fourth-order valence-corrected chi connectivity index (χ4v) is 3.82. The Balaban J connectivity index is 2.05. The average molecular weight is 407 g/mol. The third kappa shape index (κ3) is 7.17. The maximum atomic E-state index is 11.8. The number of benzene rings is 2. The molecule has 0 amide bonds. The number of phenolic OH excluding ortho intramolecular Hbond substituents is 1. The second-order valence-electron chi connectivity index (χ2n) is 7.04. The topological polar surface area (TPSA) is 83.8 Å². The van der Waals surface area contributed by atoms with Gasteiger partial charge in [-0.1, -0.05) is 64.0 Å². The summed E-state index contributed by atoms with van der Waals surface area (Å²) in [7, 11) is -4.41. The molecule has 5 nitrogen and oxygen atoms in total. The third-order valence-corrected chi connectivity index (χ3v) is 5.57. The van der Waals surface area contributed by atoms with Crippen molar-refractivity contribution in [1.29, 1.82) is 0 Å². The highest BCUT2D eigenvalue weighted by atomic mass is 32.2. The van der Waals surface area contributed by atoms with E-state index in [2.05, 4.69) is 6.92 Å². The monoisotopic (exact) mass is 406 g/mol. The molecule has 0 aliphatic rings. The van der Waals surface area contributed by atoms with Gasteiger partial charge in [0.05, 0.1) is 0 Å². The summed E-state index contributed by atoms with van der Waals surface area (Å²) in [6.07, 6.45) is 10.1. The minimum absolute atomic E-state index is 0.0922. The van der Waals surface area contributed by atoms with Crippen LogP contribution in [0.5, 0.6) is 17.2 Å². The number of aromatic hydroxyl groups is 1. The summed E-state index contributed by atoms with van der Waals surface area (Å²) >= 11 is 0. The number of aryl methyl sites for hydroxylation is 1. The Morgan fingerprint density at radius 3 is 2.07 bits per heavy atom. The lowest BCUT2D eigenvalue weighted by Crippen LogP contribution is -2.04. The van der Waals surface area contributed by atoms with Crippen molar-refractivity contribution in [2.45, 2.75) is 69.6 Å². The van der Waals surface area contributed by atoms with E-state index in [1.165, 1.54) is 50.3 Å². The first-order chi connectivity index (χ1) is 13.4. The molecule has 0 spiro atoms. The fourth-order valence-electron chi connectivity index (χ4n) is 3.16. The maximum absolute atomic E-state index is 11.8. The quantitative estimate of drug-likeness (QED) is 0.328. The molecular weight excluding hydrogens is 376 g/mol. The van der Waals surface area contributed by atoms with Crippen LogP contribution in [0.15, 0.2) is 47.4 Å². The molecule has 0 aromatic heterocycles. The largest absolute Gasteiger partial charge is 0.508 e. The zero-order valence-electron chi connectivity index (χ0n) is 16.4. The van der Waals surface area contributed by atoms with Crippen LogP contribution >= 0.6 is 0 Å². The van der Waals surface area contributed by atoms with Gasteiger partial charge >= 0.3 is 0 Å². The Hall–Kier alpha value is -2.05. The second kappa shape index (κ2) is 11.1. The van der Waals surface area contributed by atoms with Crippen LogP contribution in [0, 0.1) is 0 Å². The van der Waals surface area contributed by atoms with Crippen LogP contribution in [-0.4, -0.2) is 18.1 Å². The number of rotatable bonds is 12. The molecule has 6 heteroatoms. The number of ether oxygens (including phenoxy) is 1. The minimum atomic E-state index is -4.41. The highest BCUT2D eigenvalue weighted by molar-refractivity contribution is 7.86. The molecule has 0 saturated carbocycles. The van der Waals surface area contributed by atoms with E-state index in [0.29, 0.717) is 12.2 Å². The van der Waals surface area contributed by atoms with Crippen molar-refractivity contribution < 1.29 is 22.8 Å². The molecule has 2 rings (SSSR count). The maximum Gasteiger partial charge on any atom is 0.298 e. The number of para-hydroxylation sites is 1. The van der Waals surface area contributed by atoms with Crippen molar-refractivity contribution in [3.8, 4) is 17.2 Å². The summed E-state index contributed by atoms with van der Waals surface area (Å²) < 4.78 is 38.9. The van der Waals surface area contributed by atoms with E-state index >= 15 is 0 Å². The van der Waals surface area contributed by atoms with Gasteiger partial charge in [-0.3, -0.25) is 4.55 Å². The van der Waals surface area contributed by atoms with E-state index in [-0.39, 0.29) is 16.4 Å². The number of hydrogen-bond donors (Lipinski definition) is 2. The van der Waals surface area contributed by atoms with Crippen molar-refractivity contribution in [1.82, 2.24) is 0 Å². The zero-order chi connectivity index (χ0) is 20.4. The Morgan fingerprint density at radius 1 is 0.857 bits per heavy atom. The predicted molar refractivity (Wildman–Crippen MR) is 111 cm³/mol. The van der Waals surface area contributed by atoms with Crippen LogP contribution in [0.2, 0.25) is 0 Å². The highest BCUT2D eigenvalue weighted by Gasteiger charge is 2.20. The Bertz CT molecular complexity index is 829. The highest BCUT2D eigenvalue weighted by Crippen LogP contribution is 2.34. The first kappa shape index (κ1) is 22.2. The normalized spacial score (nSPS) is 11.5. The summed E-state index contributed by atoms with van der Waals surface area (Å²) in [5.74, 6) is 0.638. The zero-order valence-corrected chi connectivity index (χ0v) is 17.2. The second-order valence-corrected chi connectivity index (χ2v) is 8.43.